The van der Waals surface area contributed by atoms with Gasteiger partial charge in [0.05, 0.1) is 27.0 Å². The van der Waals surface area contributed by atoms with Gasteiger partial charge in [0.1, 0.15) is 5.75 Å². The van der Waals surface area contributed by atoms with Crippen LogP contribution < -0.4 is 19.6 Å². The Bertz CT molecular complexity index is 1040. The number of hydrazone groups is 1. The van der Waals surface area contributed by atoms with E-state index in [1.807, 2.05) is 43.3 Å². The molecule has 1 N–H and O–H groups in total. The zero-order chi connectivity index (χ0) is 20.1. The van der Waals surface area contributed by atoms with Crippen LogP contribution in [-0.4, -0.2) is 32.9 Å². The number of ether oxygens (including phenoxy) is 3. The van der Waals surface area contributed by atoms with Crippen LogP contribution in [0.3, 0.4) is 0 Å². The maximum atomic E-state index is 12.4. The lowest BCUT2D eigenvalue weighted by atomic mass is 10.0. The molecule has 0 saturated heterocycles. The third-order valence-corrected chi connectivity index (χ3v) is 4.44. The Hall–Kier alpha value is -3.54. The first-order chi connectivity index (χ1) is 13.5. The Balaban J connectivity index is 1.78. The van der Waals surface area contributed by atoms with E-state index >= 15 is 0 Å². The fraction of sp³-hybridized carbons (Fsp3) is 0.182. The van der Waals surface area contributed by atoms with Gasteiger partial charge in [-0.2, -0.15) is 5.10 Å². The summed E-state index contributed by atoms with van der Waals surface area (Å²) in [4.78, 5) is 12.4. The summed E-state index contributed by atoms with van der Waals surface area (Å²) in [5.41, 5.74) is 4.64. The number of carbonyl (C=O) groups excluding carboxylic acids is 1. The number of methoxy groups -OCH3 is 3. The van der Waals surface area contributed by atoms with Crippen molar-refractivity contribution in [2.75, 3.05) is 21.3 Å². The molecule has 0 aliphatic rings. The summed E-state index contributed by atoms with van der Waals surface area (Å²) >= 11 is 0. The quantitative estimate of drug-likeness (QED) is 0.520. The number of fused-ring (bicyclic) bond motifs is 1. The Morgan fingerprint density at radius 2 is 1.46 bits per heavy atom. The van der Waals surface area contributed by atoms with E-state index in [0.29, 0.717) is 22.8 Å². The van der Waals surface area contributed by atoms with Gasteiger partial charge in [0, 0.05) is 5.56 Å². The second-order valence-corrected chi connectivity index (χ2v) is 6.14. The predicted octanol–water partition coefficient (Wildman–Crippen LogP) is 4.02. The van der Waals surface area contributed by atoms with Gasteiger partial charge in [-0.25, -0.2) is 5.43 Å². The predicted molar refractivity (Wildman–Crippen MR) is 110 cm³/mol. The minimum absolute atomic E-state index is 0.328. The van der Waals surface area contributed by atoms with Gasteiger partial charge in [0.25, 0.3) is 5.91 Å². The Kier molecular flexibility index (Phi) is 5.79. The molecule has 3 aromatic carbocycles. The number of nitrogens with zero attached hydrogens (tertiary/aromatic N) is 1. The number of rotatable bonds is 6. The van der Waals surface area contributed by atoms with E-state index in [1.165, 1.54) is 7.11 Å². The maximum Gasteiger partial charge on any atom is 0.271 e. The average Bonchev–Trinajstić information content (AvgIpc) is 2.75. The van der Waals surface area contributed by atoms with Crippen molar-refractivity contribution in [3.8, 4) is 17.2 Å². The highest BCUT2D eigenvalue weighted by Crippen LogP contribution is 2.27. The second kappa shape index (κ2) is 8.43. The zero-order valence-corrected chi connectivity index (χ0v) is 16.3. The van der Waals surface area contributed by atoms with Gasteiger partial charge in [-0.1, -0.05) is 18.2 Å². The van der Waals surface area contributed by atoms with Crippen LogP contribution in [0.25, 0.3) is 10.8 Å². The van der Waals surface area contributed by atoms with Crippen LogP contribution in [0.15, 0.2) is 59.7 Å². The number of hydrogen-bond donors (Lipinski definition) is 1. The Labute approximate surface area is 163 Å². The summed E-state index contributed by atoms with van der Waals surface area (Å²) in [7, 11) is 4.72. The van der Waals surface area contributed by atoms with Crippen LogP contribution in [0.1, 0.15) is 22.8 Å². The van der Waals surface area contributed by atoms with E-state index < -0.39 is 0 Å². The molecule has 0 heterocycles. The maximum absolute atomic E-state index is 12.4. The molecule has 3 aromatic rings. The number of nitrogens with one attached hydrogen (secondary N) is 1. The highest BCUT2D eigenvalue weighted by Gasteiger charge is 2.10. The molecule has 0 radical (unpaired) electrons. The molecule has 0 spiro atoms. The Morgan fingerprint density at radius 1 is 0.786 bits per heavy atom. The topological polar surface area (TPSA) is 69.2 Å². The molecule has 144 valence electrons. The second-order valence-electron chi connectivity index (χ2n) is 6.14. The van der Waals surface area contributed by atoms with Crippen LogP contribution in [0.4, 0.5) is 0 Å². The molecule has 0 atom stereocenters. The lowest BCUT2D eigenvalue weighted by molar-refractivity contribution is 0.0954. The summed E-state index contributed by atoms with van der Waals surface area (Å²) in [6, 6.07) is 16.8. The largest absolute Gasteiger partial charge is 0.497 e. The van der Waals surface area contributed by atoms with Crippen molar-refractivity contribution < 1.29 is 19.0 Å². The molecule has 3 rings (SSSR count). The molecular formula is C22H22N2O4. The molecule has 0 bridgehead atoms. The van der Waals surface area contributed by atoms with Gasteiger partial charge in [0.15, 0.2) is 11.5 Å². The zero-order valence-electron chi connectivity index (χ0n) is 16.3. The van der Waals surface area contributed by atoms with E-state index in [4.69, 9.17) is 14.2 Å². The number of hydrogen-bond acceptors (Lipinski definition) is 5. The van der Waals surface area contributed by atoms with Gasteiger partial charge in [-0.15, -0.1) is 0 Å². The van der Waals surface area contributed by atoms with Gasteiger partial charge >= 0.3 is 0 Å². The third kappa shape index (κ3) is 4.06. The standard InChI is InChI=1S/C22H22N2O4/c1-14(15-5-6-17-12-19(26-2)9-7-16(17)11-15)23-24-22(25)18-8-10-20(27-3)21(13-18)28-4/h5-13H,1-4H3,(H,24,25). The number of amides is 1. The van der Waals surface area contributed by atoms with E-state index in [-0.39, 0.29) is 5.91 Å². The molecule has 6 heteroatoms. The van der Waals surface area contributed by atoms with Crippen LogP contribution in [0.2, 0.25) is 0 Å². The smallest absolute Gasteiger partial charge is 0.271 e. The molecule has 28 heavy (non-hydrogen) atoms. The molecule has 0 unspecified atom stereocenters. The minimum atomic E-state index is -0.328. The normalized spacial score (nSPS) is 11.2. The van der Waals surface area contributed by atoms with Crippen molar-refractivity contribution in [2.24, 2.45) is 5.10 Å². The summed E-state index contributed by atoms with van der Waals surface area (Å²) < 4.78 is 15.7. The van der Waals surface area contributed by atoms with Gasteiger partial charge < -0.3 is 14.2 Å². The fourth-order valence-corrected chi connectivity index (χ4v) is 2.82. The average molecular weight is 378 g/mol. The number of carbonyl (C=O) groups is 1. The molecule has 0 aromatic heterocycles. The van der Waals surface area contributed by atoms with E-state index in [2.05, 4.69) is 10.5 Å². The lowest BCUT2D eigenvalue weighted by Crippen LogP contribution is -2.19. The first kappa shape index (κ1) is 19.2. The van der Waals surface area contributed by atoms with Crippen LogP contribution in [0, 0.1) is 0 Å². The third-order valence-electron chi connectivity index (χ3n) is 4.44. The van der Waals surface area contributed by atoms with Gasteiger partial charge in [-0.3, -0.25) is 4.79 Å². The fourth-order valence-electron chi connectivity index (χ4n) is 2.82. The van der Waals surface area contributed by atoms with Crippen molar-refractivity contribution >= 4 is 22.4 Å². The minimum Gasteiger partial charge on any atom is -0.497 e. The molecule has 0 aliphatic carbocycles. The summed E-state index contributed by atoms with van der Waals surface area (Å²) in [5.74, 6) is 1.53. The van der Waals surface area contributed by atoms with Crippen LogP contribution in [0.5, 0.6) is 17.2 Å². The van der Waals surface area contributed by atoms with Crippen LogP contribution in [-0.2, 0) is 0 Å². The van der Waals surface area contributed by atoms with Gasteiger partial charge in [-0.05, 0) is 59.7 Å². The van der Waals surface area contributed by atoms with Crippen molar-refractivity contribution in [3.63, 3.8) is 0 Å². The molecule has 1 amide bonds. The van der Waals surface area contributed by atoms with Crippen molar-refractivity contribution in [1.29, 1.82) is 0 Å². The first-order valence-electron chi connectivity index (χ1n) is 8.70. The van der Waals surface area contributed by atoms with Crippen molar-refractivity contribution in [3.05, 3.63) is 65.7 Å². The summed E-state index contributed by atoms with van der Waals surface area (Å²) in [6.45, 7) is 1.85. The SMILES string of the molecule is COc1ccc2cc(C(C)=NNC(=O)c3ccc(OC)c(OC)c3)ccc2c1. The summed E-state index contributed by atoms with van der Waals surface area (Å²) in [5, 5.41) is 6.37. The first-order valence-corrected chi connectivity index (χ1v) is 8.70. The van der Waals surface area contributed by atoms with Crippen molar-refractivity contribution in [1.82, 2.24) is 5.43 Å². The molecule has 0 fully saturated rings. The summed E-state index contributed by atoms with van der Waals surface area (Å²) in [6.07, 6.45) is 0. The van der Waals surface area contributed by atoms with Crippen LogP contribution >= 0.6 is 0 Å². The van der Waals surface area contributed by atoms with Gasteiger partial charge in [0.2, 0.25) is 0 Å². The highest BCUT2D eigenvalue weighted by molar-refractivity contribution is 6.03. The molecule has 6 nitrogen and oxygen atoms in total. The van der Waals surface area contributed by atoms with E-state index in [0.717, 1.165) is 22.1 Å². The molecule has 0 aliphatic heterocycles. The molecule has 0 saturated carbocycles. The highest BCUT2D eigenvalue weighted by atomic mass is 16.5. The Morgan fingerprint density at radius 3 is 2.18 bits per heavy atom. The van der Waals surface area contributed by atoms with E-state index in [9.17, 15) is 4.79 Å². The number of benzene rings is 3. The monoisotopic (exact) mass is 378 g/mol. The lowest BCUT2D eigenvalue weighted by Gasteiger charge is -2.09. The van der Waals surface area contributed by atoms with E-state index in [1.54, 1.807) is 32.4 Å². The van der Waals surface area contributed by atoms with Crippen molar-refractivity contribution in [2.45, 2.75) is 6.92 Å². The molecular weight excluding hydrogens is 356 g/mol.